The Balaban J connectivity index is 1.54. The maximum Gasteiger partial charge on any atom is 0.280 e. The molecule has 1 aliphatic rings. The van der Waals surface area contributed by atoms with E-state index in [9.17, 15) is 13.2 Å². The Morgan fingerprint density at radius 3 is 2.70 bits per heavy atom. The first-order chi connectivity index (χ1) is 19.3. The highest BCUT2D eigenvalue weighted by Crippen LogP contribution is 2.26. The molecule has 0 spiro atoms. The number of thiazole rings is 1. The fourth-order valence-corrected chi connectivity index (χ4v) is 5.58. The van der Waals surface area contributed by atoms with Crippen LogP contribution in [0, 0.1) is 0 Å². The Morgan fingerprint density at radius 2 is 2.00 bits per heavy atom. The quantitative estimate of drug-likeness (QED) is 0.161. The molecule has 40 heavy (non-hydrogen) atoms. The number of rotatable bonds is 14. The van der Waals surface area contributed by atoms with Gasteiger partial charge in [-0.05, 0) is 25.2 Å². The van der Waals surface area contributed by atoms with Crippen LogP contribution in [0.15, 0.2) is 46.4 Å². The van der Waals surface area contributed by atoms with Crippen molar-refractivity contribution in [3.63, 3.8) is 0 Å². The summed E-state index contributed by atoms with van der Waals surface area (Å²) in [5.41, 5.74) is 0.938. The van der Waals surface area contributed by atoms with Gasteiger partial charge in [0.15, 0.2) is 16.9 Å². The number of carbonyl (C=O) groups excluding carboxylic acids is 1. The Bertz CT molecular complexity index is 1420. The molecule has 2 N–H and O–H groups in total. The lowest BCUT2D eigenvalue weighted by molar-refractivity contribution is -0.110. The molecule has 3 aromatic rings. The number of benzene rings is 1. The number of oxime groups is 1. The van der Waals surface area contributed by atoms with Crippen molar-refractivity contribution in [2.24, 2.45) is 5.16 Å². The predicted octanol–water partition coefficient (Wildman–Crippen LogP) is 1.70. The van der Waals surface area contributed by atoms with E-state index in [-0.39, 0.29) is 29.9 Å². The zero-order valence-corrected chi connectivity index (χ0v) is 24.1. The van der Waals surface area contributed by atoms with Crippen LogP contribution in [0.4, 0.5) is 5.13 Å². The molecule has 0 radical (unpaired) electrons. The molecule has 0 unspecified atom stereocenters. The van der Waals surface area contributed by atoms with Gasteiger partial charge in [-0.25, -0.2) is 18.4 Å². The number of likely N-dealkylation sites (N-methyl/N-ethyl adjacent to an activating group) is 2. The highest BCUT2D eigenvalue weighted by molar-refractivity contribution is 7.89. The first-order valence-corrected chi connectivity index (χ1v) is 14.8. The molecule has 3 heterocycles. The molecule has 1 aliphatic heterocycles. The summed E-state index contributed by atoms with van der Waals surface area (Å²) in [6.07, 6.45) is 0.357. The molecule has 15 heteroatoms. The summed E-state index contributed by atoms with van der Waals surface area (Å²) in [6.45, 7) is 2.52. The predicted molar refractivity (Wildman–Crippen MR) is 150 cm³/mol. The SMILES string of the molecule is CNCCOc1ccc2nc(NC(=O)C(=NO[C@@H]3CCOC3)c3ccc(S(=O)(=O)N(C)CCOC)cc3)sc2n1. The van der Waals surface area contributed by atoms with E-state index in [0.717, 1.165) is 0 Å². The fraction of sp³-hybridized carbons (Fsp3) is 0.440. The third-order valence-corrected chi connectivity index (χ3v) is 8.65. The lowest BCUT2D eigenvalue weighted by atomic mass is 10.1. The number of pyridine rings is 1. The van der Waals surface area contributed by atoms with Gasteiger partial charge in [-0.2, -0.15) is 4.31 Å². The van der Waals surface area contributed by atoms with Crippen molar-refractivity contribution in [2.75, 3.05) is 66.0 Å². The van der Waals surface area contributed by atoms with Gasteiger partial charge in [0.1, 0.15) is 17.0 Å². The van der Waals surface area contributed by atoms with Crippen molar-refractivity contribution in [2.45, 2.75) is 17.4 Å². The Hall–Kier alpha value is -3.21. The number of fused-ring (bicyclic) bond motifs is 1. The van der Waals surface area contributed by atoms with E-state index < -0.39 is 15.9 Å². The number of hydrogen-bond donors (Lipinski definition) is 2. The van der Waals surface area contributed by atoms with Crippen molar-refractivity contribution in [1.82, 2.24) is 19.6 Å². The van der Waals surface area contributed by atoms with Gasteiger partial charge in [0.2, 0.25) is 15.9 Å². The fourth-order valence-electron chi connectivity index (χ4n) is 3.60. The summed E-state index contributed by atoms with van der Waals surface area (Å²) in [7, 11) is 1.08. The van der Waals surface area contributed by atoms with E-state index in [0.29, 0.717) is 59.7 Å². The van der Waals surface area contributed by atoms with E-state index in [2.05, 4.69) is 25.8 Å². The Kier molecular flexibility index (Phi) is 10.4. The van der Waals surface area contributed by atoms with Gasteiger partial charge in [0.25, 0.3) is 5.91 Å². The molecule has 1 amide bonds. The monoisotopic (exact) mass is 592 g/mol. The lowest BCUT2D eigenvalue weighted by Crippen LogP contribution is -2.30. The molecule has 1 fully saturated rings. The van der Waals surface area contributed by atoms with Crippen LogP contribution in [0.5, 0.6) is 5.88 Å². The van der Waals surface area contributed by atoms with Crippen LogP contribution in [0.1, 0.15) is 12.0 Å². The molecule has 0 saturated carbocycles. The minimum Gasteiger partial charge on any atom is -0.476 e. The highest BCUT2D eigenvalue weighted by Gasteiger charge is 2.24. The topological polar surface area (TPSA) is 154 Å². The molecule has 0 bridgehead atoms. The second kappa shape index (κ2) is 13.9. The average Bonchev–Trinajstić information content (AvgIpc) is 3.61. The second-order valence-electron chi connectivity index (χ2n) is 8.77. The molecule has 1 saturated heterocycles. The van der Waals surface area contributed by atoms with Gasteiger partial charge in [0.05, 0.1) is 24.7 Å². The first-order valence-electron chi connectivity index (χ1n) is 12.6. The Morgan fingerprint density at radius 1 is 1.20 bits per heavy atom. The molecule has 1 atom stereocenters. The number of hydrogen-bond acceptors (Lipinski definition) is 12. The number of anilines is 1. The van der Waals surface area contributed by atoms with Crippen LogP contribution in [0.3, 0.4) is 0 Å². The van der Waals surface area contributed by atoms with Crippen LogP contribution in [0.25, 0.3) is 10.3 Å². The molecule has 1 aromatic carbocycles. The van der Waals surface area contributed by atoms with Crippen LogP contribution in [-0.2, 0) is 29.1 Å². The number of nitrogens with zero attached hydrogens (tertiary/aromatic N) is 4. The summed E-state index contributed by atoms with van der Waals surface area (Å²) in [6, 6.07) is 9.36. The first kappa shape index (κ1) is 29.8. The lowest BCUT2D eigenvalue weighted by Gasteiger charge is -2.17. The van der Waals surface area contributed by atoms with Crippen LogP contribution >= 0.6 is 11.3 Å². The van der Waals surface area contributed by atoms with Gasteiger partial charge in [-0.1, -0.05) is 28.6 Å². The molecule has 13 nitrogen and oxygen atoms in total. The minimum atomic E-state index is -3.74. The summed E-state index contributed by atoms with van der Waals surface area (Å²) < 4.78 is 42.9. The van der Waals surface area contributed by atoms with Crippen LogP contribution in [0.2, 0.25) is 0 Å². The maximum atomic E-state index is 13.4. The number of aromatic nitrogens is 2. The van der Waals surface area contributed by atoms with Crippen molar-refractivity contribution in [3.05, 3.63) is 42.0 Å². The smallest absolute Gasteiger partial charge is 0.280 e. The number of amides is 1. The molecule has 216 valence electrons. The molecule has 4 rings (SSSR count). The number of methoxy groups -OCH3 is 1. The zero-order chi connectivity index (χ0) is 28.5. The van der Waals surface area contributed by atoms with Gasteiger partial charge >= 0.3 is 0 Å². The minimum absolute atomic E-state index is 0.0353. The normalized spacial score (nSPS) is 16.0. The third kappa shape index (κ3) is 7.50. The average molecular weight is 593 g/mol. The summed E-state index contributed by atoms with van der Waals surface area (Å²) in [5, 5.41) is 10.2. The van der Waals surface area contributed by atoms with Crippen molar-refractivity contribution in [1.29, 1.82) is 0 Å². The van der Waals surface area contributed by atoms with Gasteiger partial charge < -0.3 is 24.4 Å². The molecule has 0 aliphatic carbocycles. The third-order valence-electron chi connectivity index (χ3n) is 5.89. The van der Waals surface area contributed by atoms with Crippen LogP contribution in [-0.4, -0.2) is 101 Å². The highest BCUT2D eigenvalue weighted by atomic mass is 32.2. The maximum absolute atomic E-state index is 13.4. The van der Waals surface area contributed by atoms with E-state index in [1.54, 1.807) is 12.1 Å². The molecular weight excluding hydrogens is 560 g/mol. The van der Waals surface area contributed by atoms with Crippen molar-refractivity contribution in [3.8, 4) is 5.88 Å². The standard InChI is InChI=1S/C25H32N6O7S2/c1-26-11-14-37-21-9-8-20-24(28-21)39-25(27-20)29-23(32)22(30-38-18-10-13-36-16-18)17-4-6-19(7-5-17)40(33,34)31(2)12-15-35-3/h4-9,18,26H,10-16H2,1-3H3,(H,27,29,32)/t18-/m1/s1. The van der Waals surface area contributed by atoms with Gasteiger partial charge in [-0.3, -0.25) is 10.1 Å². The van der Waals surface area contributed by atoms with E-state index in [1.807, 2.05) is 7.05 Å². The number of ether oxygens (including phenoxy) is 3. The van der Waals surface area contributed by atoms with E-state index in [1.165, 1.54) is 54.1 Å². The summed E-state index contributed by atoms with van der Waals surface area (Å²) in [4.78, 5) is 28.5. The van der Waals surface area contributed by atoms with E-state index >= 15 is 0 Å². The number of sulfonamides is 1. The second-order valence-corrected chi connectivity index (χ2v) is 11.8. The van der Waals surface area contributed by atoms with Crippen molar-refractivity contribution < 1.29 is 32.3 Å². The Labute approximate surface area is 236 Å². The number of nitrogens with one attached hydrogen (secondary N) is 2. The van der Waals surface area contributed by atoms with Gasteiger partial charge in [-0.15, -0.1) is 0 Å². The summed E-state index contributed by atoms with van der Waals surface area (Å²) in [5.74, 6) is -0.113. The van der Waals surface area contributed by atoms with E-state index in [4.69, 9.17) is 19.0 Å². The number of carbonyl (C=O) groups is 1. The molecule has 2 aromatic heterocycles. The summed E-state index contributed by atoms with van der Waals surface area (Å²) >= 11 is 1.19. The van der Waals surface area contributed by atoms with Gasteiger partial charge in [0, 0.05) is 45.3 Å². The largest absolute Gasteiger partial charge is 0.476 e. The zero-order valence-electron chi connectivity index (χ0n) is 22.5. The van der Waals surface area contributed by atoms with Crippen molar-refractivity contribution >= 4 is 48.5 Å². The molecular formula is C25H32N6O7S2. The van der Waals surface area contributed by atoms with Crippen LogP contribution < -0.4 is 15.4 Å².